The van der Waals surface area contributed by atoms with Gasteiger partial charge in [-0.15, -0.1) is 24.0 Å². The Morgan fingerprint density at radius 3 is 2.68 bits per heavy atom. The SMILES string of the molecule is CCNC(=NCc1cc(C(C)C)no1)NC1CCCC(C(=O)NC(C)C)C1.I. The Morgan fingerprint density at radius 1 is 1.32 bits per heavy atom. The van der Waals surface area contributed by atoms with E-state index in [0.717, 1.165) is 49.6 Å². The fourth-order valence-corrected chi connectivity index (χ4v) is 3.31. The smallest absolute Gasteiger partial charge is 0.223 e. The molecule has 1 saturated carbocycles. The van der Waals surface area contributed by atoms with Gasteiger partial charge in [-0.25, -0.2) is 4.99 Å². The number of aromatic nitrogens is 1. The number of halogens is 1. The second kappa shape index (κ2) is 12.3. The lowest BCUT2D eigenvalue weighted by Gasteiger charge is -2.30. The summed E-state index contributed by atoms with van der Waals surface area (Å²) in [5.41, 5.74) is 0.949. The highest BCUT2D eigenvalue weighted by atomic mass is 127. The van der Waals surface area contributed by atoms with Gasteiger partial charge < -0.3 is 20.5 Å². The zero-order valence-corrected chi connectivity index (χ0v) is 20.1. The van der Waals surface area contributed by atoms with Crippen LogP contribution in [0.25, 0.3) is 0 Å². The molecule has 28 heavy (non-hydrogen) atoms. The minimum Gasteiger partial charge on any atom is -0.359 e. The molecular weight excluding hydrogens is 469 g/mol. The van der Waals surface area contributed by atoms with Gasteiger partial charge in [0, 0.05) is 30.6 Å². The maximum Gasteiger partial charge on any atom is 0.223 e. The molecule has 0 aromatic carbocycles. The zero-order valence-electron chi connectivity index (χ0n) is 17.7. The van der Waals surface area contributed by atoms with Gasteiger partial charge in [0.25, 0.3) is 0 Å². The van der Waals surface area contributed by atoms with Crippen molar-refractivity contribution in [2.45, 2.75) is 84.8 Å². The Morgan fingerprint density at radius 2 is 2.07 bits per heavy atom. The monoisotopic (exact) mass is 505 g/mol. The van der Waals surface area contributed by atoms with E-state index in [4.69, 9.17) is 4.52 Å². The molecule has 8 heteroatoms. The van der Waals surface area contributed by atoms with E-state index < -0.39 is 0 Å². The Hall–Kier alpha value is -1.32. The molecule has 1 heterocycles. The highest BCUT2D eigenvalue weighted by molar-refractivity contribution is 14.0. The van der Waals surface area contributed by atoms with E-state index in [1.165, 1.54) is 0 Å². The van der Waals surface area contributed by atoms with Crippen molar-refractivity contribution < 1.29 is 9.32 Å². The first kappa shape index (κ1) is 24.7. The number of aliphatic imine (C=N–C) groups is 1. The first-order chi connectivity index (χ1) is 12.9. The van der Waals surface area contributed by atoms with Crippen molar-refractivity contribution in [1.29, 1.82) is 0 Å². The number of carbonyl (C=O) groups excluding carboxylic acids is 1. The molecule has 0 bridgehead atoms. The molecule has 0 radical (unpaired) electrons. The highest BCUT2D eigenvalue weighted by Crippen LogP contribution is 2.24. The highest BCUT2D eigenvalue weighted by Gasteiger charge is 2.28. The second-order valence-corrected chi connectivity index (χ2v) is 7.94. The first-order valence-electron chi connectivity index (χ1n) is 10.2. The number of guanidine groups is 1. The second-order valence-electron chi connectivity index (χ2n) is 7.94. The van der Waals surface area contributed by atoms with Gasteiger partial charge in [0.05, 0.1) is 5.69 Å². The van der Waals surface area contributed by atoms with Crippen LogP contribution in [0, 0.1) is 5.92 Å². The summed E-state index contributed by atoms with van der Waals surface area (Å²) in [5, 5.41) is 13.9. The molecule has 0 aliphatic heterocycles. The summed E-state index contributed by atoms with van der Waals surface area (Å²) >= 11 is 0. The van der Waals surface area contributed by atoms with Crippen molar-refractivity contribution in [3.05, 3.63) is 17.5 Å². The number of hydrogen-bond acceptors (Lipinski definition) is 4. The van der Waals surface area contributed by atoms with Gasteiger partial charge in [0.2, 0.25) is 5.91 Å². The summed E-state index contributed by atoms with van der Waals surface area (Å²) < 4.78 is 5.36. The van der Waals surface area contributed by atoms with Crippen molar-refractivity contribution in [3.8, 4) is 0 Å². The lowest BCUT2D eigenvalue weighted by atomic mass is 9.85. The molecule has 1 amide bonds. The van der Waals surface area contributed by atoms with Crippen molar-refractivity contribution in [2.24, 2.45) is 10.9 Å². The van der Waals surface area contributed by atoms with Gasteiger partial charge in [0.1, 0.15) is 6.54 Å². The summed E-state index contributed by atoms with van der Waals surface area (Å²) in [7, 11) is 0. The molecule has 2 atom stereocenters. The molecule has 0 saturated heterocycles. The van der Waals surface area contributed by atoms with Crippen LogP contribution < -0.4 is 16.0 Å². The van der Waals surface area contributed by atoms with Gasteiger partial charge in [0.15, 0.2) is 11.7 Å². The Labute approximate surface area is 185 Å². The van der Waals surface area contributed by atoms with E-state index in [9.17, 15) is 4.79 Å². The number of rotatable bonds is 7. The third kappa shape index (κ3) is 7.97. The van der Waals surface area contributed by atoms with Gasteiger partial charge >= 0.3 is 0 Å². The molecule has 7 nitrogen and oxygen atoms in total. The lowest BCUT2D eigenvalue weighted by molar-refractivity contribution is -0.126. The molecule has 0 spiro atoms. The van der Waals surface area contributed by atoms with Crippen LogP contribution in [0.15, 0.2) is 15.6 Å². The van der Waals surface area contributed by atoms with Crippen LogP contribution in [0.4, 0.5) is 0 Å². The number of amides is 1. The standard InChI is InChI=1S/C20H35N5O2.HI/c1-6-21-20(22-12-17-11-18(13(2)3)25-27-17)24-16-9-7-8-15(10-16)19(26)23-14(4)5;/h11,13-16H,6-10,12H2,1-5H3,(H,23,26)(H2,21,22,24);1H. The molecule has 160 valence electrons. The molecule has 1 aliphatic rings. The van der Waals surface area contributed by atoms with E-state index in [1.54, 1.807) is 0 Å². The summed E-state index contributed by atoms with van der Waals surface area (Å²) in [6.45, 7) is 11.4. The third-order valence-electron chi connectivity index (χ3n) is 4.72. The van der Waals surface area contributed by atoms with Gasteiger partial charge in [-0.2, -0.15) is 0 Å². The molecule has 2 rings (SSSR count). The van der Waals surface area contributed by atoms with E-state index in [0.29, 0.717) is 12.5 Å². The van der Waals surface area contributed by atoms with Crippen LogP contribution in [0.5, 0.6) is 0 Å². The topological polar surface area (TPSA) is 91.6 Å². The van der Waals surface area contributed by atoms with E-state index >= 15 is 0 Å². The normalized spacial score (nSPS) is 20.0. The number of hydrogen-bond donors (Lipinski definition) is 3. The number of nitrogens with one attached hydrogen (secondary N) is 3. The van der Waals surface area contributed by atoms with Crippen LogP contribution in [0.2, 0.25) is 0 Å². The van der Waals surface area contributed by atoms with Crippen molar-refractivity contribution in [3.63, 3.8) is 0 Å². The van der Waals surface area contributed by atoms with Crippen molar-refractivity contribution in [2.75, 3.05) is 6.54 Å². The minimum atomic E-state index is 0. The van der Waals surface area contributed by atoms with Crippen LogP contribution in [0.1, 0.15) is 77.7 Å². The average Bonchev–Trinajstić information content (AvgIpc) is 3.09. The molecule has 1 aromatic heterocycles. The van der Waals surface area contributed by atoms with Crippen LogP contribution in [-0.4, -0.2) is 35.7 Å². The quantitative estimate of drug-likeness (QED) is 0.300. The molecular formula is C20H36IN5O2. The maximum absolute atomic E-state index is 12.3. The summed E-state index contributed by atoms with van der Waals surface area (Å²) in [6, 6.07) is 2.40. The van der Waals surface area contributed by atoms with Crippen LogP contribution >= 0.6 is 24.0 Å². The first-order valence-corrected chi connectivity index (χ1v) is 10.2. The van der Waals surface area contributed by atoms with Crippen LogP contribution in [0.3, 0.4) is 0 Å². The summed E-state index contributed by atoms with van der Waals surface area (Å²) in [6.07, 6.45) is 3.89. The third-order valence-corrected chi connectivity index (χ3v) is 4.72. The fraction of sp³-hybridized carbons (Fsp3) is 0.750. The van der Waals surface area contributed by atoms with Gasteiger partial charge in [-0.3, -0.25) is 4.79 Å². The van der Waals surface area contributed by atoms with E-state index in [2.05, 4.69) is 39.9 Å². The van der Waals surface area contributed by atoms with Gasteiger partial charge in [-0.1, -0.05) is 25.4 Å². The Bertz CT molecular complexity index is 630. The molecule has 1 fully saturated rings. The lowest BCUT2D eigenvalue weighted by Crippen LogP contribution is -2.47. The maximum atomic E-state index is 12.3. The van der Waals surface area contributed by atoms with E-state index in [-0.39, 0.29) is 47.9 Å². The average molecular weight is 505 g/mol. The Balaban J connectivity index is 0.00000392. The molecule has 1 aromatic rings. The van der Waals surface area contributed by atoms with Gasteiger partial charge in [-0.05, 0) is 46.0 Å². The molecule has 1 aliphatic carbocycles. The van der Waals surface area contributed by atoms with Crippen molar-refractivity contribution in [1.82, 2.24) is 21.1 Å². The molecule has 2 unspecified atom stereocenters. The number of nitrogens with zero attached hydrogens (tertiary/aromatic N) is 2. The molecule has 3 N–H and O–H groups in total. The van der Waals surface area contributed by atoms with Crippen LogP contribution in [-0.2, 0) is 11.3 Å². The van der Waals surface area contributed by atoms with E-state index in [1.807, 2.05) is 26.8 Å². The van der Waals surface area contributed by atoms with Crippen molar-refractivity contribution >= 4 is 35.8 Å². The number of carbonyl (C=O) groups is 1. The predicted molar refractivity (Wildman–Crippen MR) is 123 cm³/mol. The predicted octanol–water partition coefficient (Wildman–Crippen LogP) is 3.55. The largest absolute Gasteiger partial charge is 0.359 e. The summed E-state index contributed by atoms with van der Waals surface area (Å²) in [4.78, 5) is 17.0. The minimum absolute atomic E-state index is 0. The summed E-state index contributed by atoms with van der Waals surface area (Å²) in [5.74, 6) is 2.10. The Kier molecular flexibility index (Phi) is 10.8. The fourth-order valence-electron chi connectivity index (χ4n) is 3.31. The zero-order chi connectivity index (χ0) is 19.8.